The summed E-state index contributed by atoms with van der Waals surface area (Å²) in [6.45, 7) is 2.97. The SMILES string of the molecule is Cc1nc(-c2ccc(F)cc2)sc1C(=O)NCCn1ccnc1. The lowest BCUT2D eigenvalue weighted by Crippen LogP contribution is -2.26. The number of imidazole rings is 1. The van der Waals surface area contributed by atoms with E-state index in [9.17, 15) is 9.18 Å². The number of thiazole rings is 1. The van der Waals surface area contributed by atoms with E-state index in [0.29, 0.717) is 28.7 Å². The van der Waals surface area contributed by atoms with Crippen molar-refractivity contribution in [2.75, 3.05) is 6.54 Å². The van der Waals surface area contributed by atoms with Gasteiger partial charge in [0.25, 0.3) is 5.91 Å². The third-order valence-corrected chi connectivity index (χ3v) is 4.51. The Morgan fingerprint density at radius 3 is 2.83 bits per heavy atom. The predicted molar refractivity (Wildman–Crippen MR) is 86.8 cm³/mol. The van der Waals surface area contributed by atoms with Gasteiger partial charge in [-0.1, -0.05) is 0 Å². The van der Waals surface area contributed by atoms with Gasteiger partial charge in [-0.25, -0.2) is 14.4 Å². The zero-order valence-corrected chi connectivity index (χ0v) is 13.3. The van der Waals surface area contributed by atoms with Gasteiger partial charge in [-0.15, -0.1) is 11.3 Å². The molecule has 0 aliphatic rings. The van der Waals surface area contributed by atoms with Gasteiger partial charge < -0.3 is 9.88 Å². The molecule has 0 saturated carbocycles. The fraction of sp³-hybridized carbons (Fsp3) is 0.188. The Morgan fingerprint density at radius 1 is 1.35 bits per heavy atom. The highest BCUT2D eigenvalue weighted by atomic mass is 32.1. The van der Waals surface area contributed by atoms with Crippen molar-refractivity contribution in [3.05, 3.63) is 59.4 Å². The summed E-state index contributed by atoms with van der Waals surface area (Å²) in [5.41, 5.74) is 1.48. The number of carbonyl (C=O) groups excluding carboxylic acids is 1. The van der Waals surface area contributed by atoms with Gasteiger partial charge in [-0.3, -0.25) is 4.79 Å². The Kier molecular flexibility index (Phi) is 4.47. The molecule has 0 spiro atoms. The second-order valence-electron chi connectivity index (χ2n) is 5.00. The first-order chi connectivity index (χ1) is 11.1. The molecule has 118 valence electrons. The van der Waals surface area contributed by atoms with Crippen LogP contribution in [-0.2, 0) is 6.54 Å². The van der Waals surface area contributed by atoms with Crippen LogP contribution in [0, 0.1) is 12.7 Å². The molecule has 0 aliphatic heterocycles. The Labute approximate surface area is 136 Å². The summed E-state index contributed by atoms with van der Waals surface area (Å²) in [6.07, 6.45) is 5.25. The van der Waals surface area contributed by atoms with Crippen molar-refractivity contribution < 1.29 is 9.18 Å². The van der Waals surface area contributed by atoms with E-state index in [-0.39, 0.29) is 11.7 Å². The maximum Gasteiger partial charge on any atom is 0.263 e. The Hall–Kier alpha value is -2.54. The van der Waals surface area contributed by atoms with Crippen molar-refractivity contribution in [3.63, 3.8) is 0 Å². The Bertz CT molecular complexity index is 796. The smallest absolute Gasteiger partial charge is 0.263 e. The maximum atomic E-state index is 13.0. The molecule has 0 saturated heterocycles. The molecule has 2 heterocycles. The Morgan fingerprint density at radius 2 is 2.13 bits per heavy atom. The highest BCUT2D eigenvalue weighted by Gasteiger charge is 2.15. The van der Waals surface area contributed by atoms with Gasteiger partial charge in [0, 0.05) is 31.0 Å². The van der Waals surface area contributed by atoms with Gasteiger partial charge in [-0.2, -0.15) is 0 Å². The largest absolute Gasteiger partial charge is 0.349 e. The number of nitrogens with one attached hydrogen (secondary N) is 1. The standard InChI is InChI=1S/C16H15FN4OS/c1-11-14(15(22)19-7-9-21-8-6-18-10-21)23-16(20-11)12-2-4-13(17)5-3-12/h2-6,8,10H,7,9H2,1H3,(H,19,22). The van der Waals surface area contributed by atoms with Crippen LogP contribution in [0.2, 0.25) is 0 Å². The predicted octanol–water partition coefficient (Wildman–Crippen LogP) is 2.88. The second-order valence-corrected chi connectivity index (χ2v) is 6.00. The quantitative estimate of drug-likeness (QED) is 0.782. The van der Waals surface area contributed by atoms with Gasteiger partial charge in [0.15, 0.2) is 0 Å². The summed E-state index contributed by atoms with van der Waals surface area (Å²) >= 11 is 1.31. The molecule has 2 aromatic heterocycles. The number of aryl methyl sites for hydroxylation is 1. The fourth-order valence-corrected chi connectivity index (χ4v) is 3.11. The van der Waals surface area contributed by atoms with Crippen molar-refractivity contribution in [1.82, 2.24) is 19.9 Å². The molecule has 5 nitrogen and oxygen atoms in total. The molecule has 3 aromatic rings. The van der Waals surface area contributed by atoms with Gasteiger partial charge in [0.1, 0.15) is 15.7 Å². The van der Waals surface area contributed by atoms with Gasteiger partial charge >= 0.3 is 0 Å². The molecule has 0 radical (unpaired) electrons. The second kappa shape index (κ2) is 6.70. The number of benzene rings is 1. The van der Waals surface area contributed by atoms with E-state index in [1.165, 1.54) is 23.5 Å². The maximum absolute atomic E-state index is 13.0. The lowest BCUT2D eigenvalue weighted by molar-refractivity contribution is 0.0955. The molecule has 0 aliphatic carbocycles. The monoisotopic (exact) mass is 330 g/mol. The van der Waals surface area contributed by atoms with E-state index < -0.39 is 0 Å². The van der Waals surface area contributed by atoms with Crippen LogP contribution in [-0.4, -0.2) is 27.0 Å². The third kappa shape index (κ3) is 3.62. The number of nitrogens with zero attached hydrogens (tertiary/aromatic N) is 3. The van der Waals surface area contributed by atoms with E-state index in [1.807, 2.05) is 10.8 Å². The van der Waals surface area contributed by atoms with Crippen molar-refractivity contribution in [1.29, 1.82) is 0 Å². The minimum Gasteiger partial charge on any atom is -0.349 e. The summed E-state index contributed by atoms with van der Waals surface area (Å²) < 4.78 is 14.9. The van der Waals surface area contributed by atoms with Crippen LogP contribution < -0.4 is 5.32 Å². The first kappa shape index (κ1) is 15.4. The van der Waals surface area contributed by atoms with Gasteiger partial charge in [0.2, 0.25) is 0 Å². The molecule has 1 aromatic carbocycles. The van der Waals surface area contributed by atoms with Crippen molar-refractivity contribution in [3.8, 4) is 10.6 Å². The summed E-state index contributed by atoms with van der Waals surface area (Å²) in [4.78, 5) is 21.2. The molecule has 1 amide bonds. The highest BCUT2D eigenvalue weighted by molar-refractivity contribution is 7.17. The molecule has 23 heavy (non-hydrogen) atoms. The first-order valence-electron chi connectivity index (χ1n) is 7.11. The fourth-order valence-electron chi connectivity index (χ4n) is 2.12. The van der Waals surface area contributed by atoms with Crippen molar-refractivity contribution in [2.45, 2.75) is 13.5 Å². The number of carbonyl (C=O) groups is 1. The third-order valence-electron chi connectivity index (χ3n) is 3.31. The number of hydrogen-bond acceptors (Lipinski definition) is 4. The van der Waals surface area contributed by atoms with Crippen LogP contribution in [0.3, 0.4) is 0 Å². The minimum atomic E-state index is -0.292. The molecule has 7 heteroatoms. The number of aromatic nitrogens is 3. The van der Waals surface area contributed by atoms with E-state index >= 15 is 0 Å². The van der Waals surface area contributed by atoms with Crippen molar-refractivity contribution >= 4 is 17.2 Å². The van der Waals surface area contributed by atoms with E-state index in [4.69, 9.17) is 0 Å². The topological polar surface area (TPSA) is 59.8 Å². The van der Waals surface area contributed by atoms with E-state index in [0.717, 1.165) is 5.56 Å². The molecule has 3 rings (SSSR count). The number of amides is 1. The van der Waals surface area contributed by atoms with E-state index in [1.54, 1.807) is 31.6 Å². The zero-order valence-electron chi connectivity index (χ0n) is 12.5. The van der Waals surface area contributed by atoms with E-state index in [2.05, 4.69) is 15.3 Å². The number of hydrogen-bond donors (Lipinski definition) is 1. The highest BCUT2D eigenvalue weighted by Crippen LogP contribution is 2.27. The van der Waals surface area contributed by atoms with Crippen LogP contribution in [0.25, 0.3) is 10.6 Å². The minimum absolute atomic E-state index is 0.145. The lowest BCUT2D eigenvalue weighted by atomic mass is 10.2. The van der Waals surface area contributed by atoms with Crippen LogP contribution in [0.4, 0.5) is 4.39 Å². The molecular formula is C16H15FN4OS. The summed E-state index contributed by atoms with van der Waals surface area (Å²) in [5.74, 6) is -0.437. The van der Waals surface area contributed by atoms with Gasteiger partial charge in [-0.05, 0) is 31.2 Å². The summed E-state index contributed by atoms with van der Waals surface area (Å²) in [7, 11) is 0. The number of halogens is 1. The molecular weight excluding hydrogens is 315 g/mol. The lowest BCUT2D eigenvalue weighted by Gasteiger charge is -2.04. The Balaban J connectivity index is 1.67. The molecule has 0 atom stereocenters. The summed E-state index contributed by atoms with van der Waals surface area (Å²) in [6, 6.07) is 6.09. The molecule has 1 N–H and O–H groups in total. The van der Waals surface area contributed by atoms with Crippen LogP contribution in [0.5, 0.6) is 0 Å². The normalized spacial score (nSPS) is 10.7. The van der Waals surface area contributed by atoms with Crippen LogP contribution in [0.1, 0.15) is 15.4 Å². The average molecular weight is 330 g/mol. The zero-order chi connectivity index (χ0) is 16.2. The van der Waals surface area contributed by atoms with Crippen LogP contribution >= 0.6 is 11.3 Å². The molecule has 0 bridgehead atoms. The van der Waals surface area contributed by atoms with Gasteiger partial charge in [0.05, 0.1) is 12.0 Å². The summed E-state index contributed by atoms with van der Waals surface area (Å²) in [5, 5.41) is 3.59. The molecule has 0 unspecified atom stereocenters. The average Bonchev–Trinajstić information content (AvgIpc) is 3.17. The van der Waals surface area contributed by atoms with Crippen LogP contribution in [0.15, 0.2) is 43.0 Å². The van der Waals surface area contributed by atoms with Crippen molar-refractivity contribution in [2.24, 2.45) is 0 Å². The number of rotatable bonds is 5. The first-order valence-corrected chi connectivity index (χ1v) is 7.92. The molecule has 0 fully saturated rings.